The molecule has 232 valence electrons. The normalized spacial score (nSPS) is 13.3. The van der Waals surface area contributed by atoms with Crippen molar-refractivity contribution in [3.63, 3.8) is 0 Å². The molecule has 0 spiro atoms. The maximum Gasteiger partial charge on any atom is 0.296 e. The van der Waals surface area contributed by atoms with Gasteiger partial charge in [0.05, 0.1) is 21.3 Å². The molecule has 0 saturated carbocycles. The zero-order chi connectivity index (χ0) is 32.8. The number of phenolic OH excluding ortho intramolecular Hbond substituents is 1. The second-order valence-electron chi connectivity index (χ2n) is 8.52. The highest BCUT2D eigenvalue weighted by Crippen LogP contribution is 2.44. The minimum absolute atomic E-state index is 0.0860. The number of nitrogens with zero attached hydrogens (tertiary/aromatic N) is 4. The fraction of sp³-hybridized carbons (Fsp3) is 0. The molecule has 5 N–H and O–H groups in total. The molecule has 0 bridgehead atoms. The number of phenols is 1. The summed E-state index contributed by atoms with van der Waals surface area (Å²) in [4.78, 5) is -3.27. The molecule has 0 aliphatic rings. The average Bonchev–Trinajstić information content (AvgIpc) is 2.89. The Morgan fingerprint density at radius 2 is 1.07 bits per heavy atom. The van der Waals surface area contributed by atoms with Crippen LogP contribution in [0, 0.1) is 0 Å². The van der Waals surface area contributed by atoms with E-state index >= 15 is 0 Å². The molecule has 0 aromatic heterocycles. The Morgan fingerprint density at radius 3 is 1.61 bits per heavy atom. The first-order valence-electron chi connectivity index (χ1n) is 11.1. The minimum Gasteiger partial charge on any atom is -0.505 e. The number of aromatic hydroxyl groups is 1. The standard InChI is InChI=1S/C22H15ClN4O13S4/c23-16-10-15-11(7-18(16)42(32,33)34)8-20(44(38,39)40)21(22(15)28)27-26-17-6-3-13(9-19(17)43(35,36)37)25-24-12-1-4-14(5-2-12)41(29,30)31/h1-10,28H,(H,29,30,31)(H,32,33,34)(H,35,36,37)(H,38,39,40). The Balaban J connectivity index is 1.81. The number of azo groups is 2. The van der Waals surface area contributed by atoms with E-state index in [0.29, 0.717) is 6.07 Å². The molecule has 0 unspecified atom stereocenters. The Hall–Kier alpha value is -3.93. The summed E-state index contributed by atoms with van der Waals surface area (Å²) in [7, 11) is -19.6. The van der Waals surface area contributed by atoms with Crippen LogP contribution < -0.4 is 0 Å². The molecule has 0 aliphatic heterocycles. The van der Waals surface area contributed by atoms with Crippen molar-refractivity contribution in [1.29, 1.82) is 0 Å². The van der Waals surface area contributed by atoms with Gasteiger partial charge >= 0.3 is 0 Å². The van der Waals surface area contributed by atoms with Crippen LogP contribution in [0.4, 0.5) is 22.7 Å². The summed E-state index contributed by atoms with van der Waals surface area (Å²) >= 11 is 5.87. The largest absolute Gasteiger partial charge is 0.505 e. The van der Waals surface area contributed by atoms with Crippen molar-refractivity contribution in [2.75, 3.05) is 0 Å². The van der Waals surface area contributed by atoms with Gasteiger partial charge < -0.3 is 5.11 Å². The van der Waals surface area contributed by atoms with Gasteiger partial charge in [0.1, 0.15) is 26.1 Å². The number of hydrogen-bond acceptors (Lipinski definition) is 13. The molecular formula is C22H15ClN4O13S4. The monoisotopic (exact) mass is 706 g/mol. The van der Waals surface area contributed by atoms with E-state index in [1.807, 2.05) is 0 Å². The first kappa shape index (κ1) is 33.0. The number of fused-ring (bicyclic) bond motifs is 1. The van der Waals surface area contributed by atoms with Crippen LogP contribution >= 0.6 is 11.6 Å². The molecule has 4 aromatic carbocycles. The summed E-state index contributed by atoms with van der Waals surface area (Å²) < 4.78 is 132. The van der Waals surface area contributed by atoms with Crippen molar-refractivity contribution in [3.05, 3.63) is 65.7 Å². The molecular weight excluding hydrogens is 692 g/mol. The summed E-state index contributed by atoms with van der Waals surface area (Å²) in [6, 6.07) is 9.55. The van der Waals surface area contributed by atoms with Crippen LogP contribution in [0.3, 0.4) is 0 Å². The third kappa shape index (κ3) is 7.23. The predicted octanol–water partition coefficient (Wildman–Crippen LogP) is 5.02. The van der Waals surface area contributed by atoms with Gasteiger partial charge in [0.2, 0.25) is 0 Å². The zero-order valence-electron chi connectivity index (χ0n) is 21.1. The van der Waals surface area contributed by atoms with Gasteiger partial charge in [-0.1, -0.05) is 11.6 Å². The highest BCUT2D eigenvalue weighted by Gasteiger charge is 2.25. The van der Waals surface area contributed by atoms with Crippen LogP contribution in [-0.2, 0) is 40.5 Å². The summed E-state index contributed by atoms with van der Waals surface area (Å²) in [5.74, 6) is -0.999. The molecule has 0 amide bonds. The van der Waals surface area contributed by atoms with E-state index in [4.69, 9.17) is 16.2 Å². The van der Waals surface area contributed by atoms with E-state index in [0.717, 1.165) is 42.5 Å². The van der Waals surface area contributed by atoms with Crippen molar-refractivity contribution in [1.82, 2.24) is 0 Å². The van der Waals surface area contributed by atoms with E-state index in [1.54, 1.807) is 0 Å². The van der Waals surface area contributed by atoms with Crippen LogP contribution in [0.5, 0.6) is 5.75 Å². The summed E-state index contributed by atoms with van der Waals surface area (Å²) in [6.45, 7) is 0. The van der Waals surface area contributed by atoms with Gasteiger partial charge in [-0.15, -0.1) is 10.2 Å². The van der Waals surface area contributed by atoms with Crippen LogP contribution in [0.15, 0.2) is 101 Å². The lowest BCUT2D eigenvalue weighted by Crippen LogP contribution is -2.01. The zero-order valence-corrected chi connectivity index (χ0v) is 25.1. The fourth-order valence-electron chi connectivity index (χ4n) is 3.60. The first-order valence-corrected chi connectivity index (χ1v) is 17.3. The third-order valence-corrected chi connectivity index (χ3v) is 9.49. The Labute approximate surface area is 253 Å². The lowest BCUT2D eigenvalue weighted by Gasteiger charge is -2.11. The van der Waals surface area contributed by atoms with Gasteiger partial charge in [0.25, 0.3) is 40.5 Å². The average molecular weight is 707 g/mol. The van der Waals surface area contributed by atoms with Gasteiger partial charge in [-0.3, -0.25) is 18.2 Å². The number of hydrogen-bond donors (Lipinski definition) is 5. The molecule has 0 aliphatic carbocycles. The summed E-state index contributed by atoms with van der Waals surface area (Å²) in [5, 5.41) is 24.2. The molecule has 0 saturated heterocycles. The van der Waals surface area contributed by atoms with Crippen LogP contribution in [0.1, 0.15) is 0 Å². The molecule has 0 heterocycles. The quantitative estimate of drug-likeness (QED) is 0.119. The van der Waals surface area contributed by atoms with Crippen molar-refractivity contribution in [2.45, 2.75) is 19.6 Å². The van der Waals surface area contributed by atoms with Crippen molar-refractivity contribution < 1.29 is 57.0 Å². The predicted molar refractivity (Wildman–Crippen MR) is 151 cm³/mol. The molecule has 4 rings (SSSR count). The third-order valence-electron chi connectivity index (χ3n) is 5.55. The lowest BCUT2D eigenvalue weighted by molar-refractivity contribution is 0.471. The maximum absolute atomic E-state index is 12.1. The van der Waals surface area contributed by atoms with E-state index in [-0.39, 0.29) is 22.1 Å². The number of rotatable bonds is 8. The lowest BCUT2D eigenvalue weighted by atomic mass is 10.1. The van der Waals surface area contributed by atoms with Crippen molar-refractivity contribution >= 4 is 85.6 Å². The molecule has 44 heavy (non-hydrogen) atoms. The van der Waals surface area contributed by atoms with Crippen LogP contribution in [-0.4, -0.2) is 57.0 Å². The van der Waals surface area contributed by atoms with E-state index in [9.17, 15) is 52.4 Å². The summed E-state index contributed by atoms with van der Waals surface area (Å²) in [6.07, 6.45) is 0. The molecule has 0 fully saturated rings. The maximum atomic E-state index is 12.1. The smallest absolute Gasteiger partial charge is 0.296 e. The second kappa shape index (κ2) is 11.5. The van der Waals surface area contributed by atoms with Gasteiger partial charge in [-0.2, -0.15) is 43.9 Å². The van der Waals surface area contributed by atoms with Gasteiger partial charge in [0, 0.05) is 5.39 Å². The van der Waals surface area contributed by atoms with Crippen LogP contribution in [0.2, 0.25) is 5.02 Å². The SMILES string of the molecule is O=S(=O)(O)c1ccc(N=Nc2ccc(N=Nc3c(S(=O)(=O)O)cc4cc(S(=O)(=O)O)c(Cl)cc4c3O)c(S(=O)(=O)O)c2)cc1. The fourth-order valence-corrected chi connectivity index (χ4v) is 6.41. The molecule has 0 atom stereocenters. The first-order chi connectivity index (χ1) is 20.2. The van der Waals surface area contributed by atoms with E-state index in [1.165, 1.54) is 12.1 Å². The topological polar surface area (TPSA) is 287 Å². The van der Waals surface area contributed by atoms with Gasteiger partial charge in [0.15, 0.2) is 5.75 Å². The number of halogens is 1. The van der Waals surface area contributed by atoms with Crippen molar-refractivity contribution in [3.8, 4) is 5.75 Å². The van der Waals surface area contributed by atoms with Gasteiger partial charge in [-0.05, 0) is 66.0 Å². The van der Waals surface area contributed by atoms with Crippen LogP contribution in [0.25, 0.3) is 10.8 Å². The molecule has 0 radical (unpaired) electrons. The molecule has 17 nitrogen and oxygen atoms in total. The van der Waals surface area contributed by atoms with E-state index < -0.39 is 82.2 Å². The Kier molecular flexibility index (Phi) is 8.64. The van der Waals surface area contributed by atoms with Gasteiger partial charge in [-0.25, -0.2) is 0 Å². The molecule has 4 aromatic rings. The minimum atomic E-state index is -5.20. The summed E-state index contributed by atoms with van der Waals surface area (Å²) in [5.41, 5.74) is -1.63. The Bertz CT molecular complexity index is 2340. The highest BCUT2D eigenvalue weighted by atomic mass is 35.5. The number of benzene rings is 4. The van der Waals surface area contributed by atoms with Crippen molar-refractivity contribution in [2.24, 2.45) is 20.5 Å². The second-order valence-corrected chi connectivity index (χ2v) is 14.5. The molecule has 22 heteroatoms. The Morgan fingerprint density at radius 1 is 0.545 bits per heavy atom. The highest BCUT2D eigenvalue weighted by molar-refractivity contribution is 7.86. The van der Waals surface area contributed by atoms with E-state index in [2.05, 4.69) is 20.5 Å².